The molecule has 21 heavy (non-hydrogen) atoms. The van der Waals surface area contributed by atoms with Gasteiger partial charge in [-0.25, -0.2) is 4.79 Å². The van der Waals surface area contributed by atoms with Gasteiger partial charge in [-0.05, 0) is 30.0 Å². The smallest absolute Gasteiger partial charge is 0.336 e. The summed E-state index contributed by atoms with van der Waals surface area (Å²) in [5.41, 5.74) is 1.20. The molecule has 0 aliphatic heterocycles. The Kier molecular flexibility index (Phi) is 4.68. The van der Waals surface area contributed by atoms with Crippen molar-refractivity contribution in [1.29, 1.82) is 0 Å². The molecular weight excluding hydrogens is 392 g/mol. The molecule has 0 spiro atoms. The van der Waals surface area contributed by atoms with Gasteiger partial charge in [-0.1, -0.05) is 50.8 Å². The molecule has 0 aliphatic carbocycles. The van der Waals surface area contributed by atoms with Crippen LogP contribution in [0.1, 0.15) is 5.56 Å². The number of aromatic nitrogens is 2. The molecule has 1 aromatic carbocycles. The second-order valence-corrected chi connectivity index (χ2v) is 8.23. The summed E-state index contributed by atoms with van der Waals surface area (Å²) in [5.74, 6) is 0.659. The molecule has 0 saturated heterocycles. The summed E-state index contributed by atoms with van der Waals surface area (Å²) in [5, 5.41) is 9.13. The molecule has 0 unspecified atom stereocenters. The Hall–Kier alpha value is -0.830. The summed E-state index contributed by atoms with van der Waals surface area (Å²) >= 11 is 8.10. The van der Waals surface area contributed by atoms with Gasteiger partial charge < -0.3 is 4.42 Å². The van der Waals surface area contributed by atoms with Gasteiger partial charge >= 0.3 is 5.63 Å². The lowest BCUT2D eigenvalue weighted by Gasteiger charge is -2.04. The summed E-state index contributed by atoms with van der Waals surface area (Å²) in [6.07, 6.45) is 1.97. The summed E-state index contributed by atoms with van der Waals surface area (Å²) < 4.78 is 7.96. The SMILES string of the molecule is CSc1nnc(SCc2cc(=O)oc3cc(Br)ccc23)s1. The van der Waals surface area contributed by atoms with Crippen molar-refractivity contribution in [3.8, 4) is 0 Å². The number of thioether (sulfide) groups is 2. The minimum Gasteiger partial charge on any atom is -0.423 e. The van der Waals surface area contributed by atoms with Crippen LogP contribution in [0, 0.1) is 0 Å². The van der Waals surface area contributed by atoms with Crippen molar-refractivity contribution in [2.75, 3.05) is 6.26 Å². The molecule has 4 nitrogen and oxygen atoms in total. The van der Waals surface area contributed by atoms with E-state index < -0.39 is 0 Å². The largest absolute Gasteiger partial charge is 0.423 e. The Morgan fingerprint density at radius 3 is 2.86 bits per heavy atom. The van der Waals surface area contributed by atoms with E-state index in [2.05, 4.69) is 26.1 Å². The number of hydrogen-bond acceptors (Lipinski definition) is 7. The van der Waals surface area contributed by atoms with Crippen LogP contribution in [-0.2, 0) is 5.75 Å². The van der Waals surface area contributed by atoms with E-state index in [1.54, 1.807) is 40.9 Å². The van der Waals surface area contributed by atoms with Gasteiger partial charge in [0.2, 0.25) is 0 Å². The molecule has 8 heteroatoms. The first-order valence-corrected chi connectivity index (χ1v) is 9.70. The normalized spacial score (nSPS) is 11.1. The molecule has 0 saturated carbocycles. The summed E-state index contributed by atoms with van der Waals surface area (Å²) in [6.45, 7) is 0. The Bertz CT molecular complexity index is 847. The molecule has 0 atom stereocenters. The number of nitrogens with zero attached hydrogens (tertiary/aromatic N) is 2. The topological polar surface area (TPSA) is 56.0 Å². The van der Waals surface area contributed by atoms with E-state index in [1.165, 1.54) is 0 Å². The first kappa shape index (κ1) is 15.1. The van der Waals surface area contributed by atoms with E-state index in [4.69, 9.17) is 4.42 Å². The third-order valence-corrected chi connectivity index (χ3v) is 6.28. The standard InChI is InChI=1S/C13H9BrN2O2S3/c1-19-12-15-16-13(21-12)20-6-7-4-11(17)18-10-5-8(14)2-3-9(7)10/h2-5H,6H2,1H3. The molecule has 2 aromatic heterocycles. The quantitative estimate of drug-likeness (QED) is 0.477. The van der Waals surface area contributed by atoms with Gasteiger partial charge in [0.05, 0.1) is 0 Å². The molecule has 0 radical (unpaired) electrons. The number of benzene rings is 1. The van der Waals surface area contributed by atoms with Crippen LogP contribution in [0.4, 0.5) is 0 Å². The fraction of sp³-hybridized carbons (Fsp3) is 0.154. The lowest BCUT2D eigenvalue weighted by Crippen LogP contribution is -1.99. The highest BCUT2D eigenvalue weighted by Gasteiger charge is 2.09. The summed E-state index contributed by atoms with van der Waals surface area (Å²) in [7, 11) is 0. The maximum absolute atomic E-state index is 11.7. The molecule has 0 fully saturated rings. The van der Waals surface area contributed by atoms with E-state index in [0.717, 1.165) is 24.1 Å². The van der Waals surface area contributed by atoms with E-state index in [1.807, 2.05) is 24.5 Å². The maximum atomic E-state index is 11.7. The van der Waals surface area contributed by atoms with Gasteiger partial charge in [-0.15, -0.1) is 10.2 Å². The zero-order chi connectivity index (χ0) is 14.8. The Labute approximate surface area is 141 Å². The van der Waals surface area contributed by atoms with Crippen molar-refractivity contribution in [1.82, 2.24) is 10.2 Å². The lowest BCUT2D eigenvalue weighted by atomic mass is 10.1. The van der Waals surface area contributed by atoms with Crippen LogP contribution in [-0.4, -0.2) is 16.5 Å². The first-order valence-electron chi connectivity index (χ1n) is 5.88. The number of halogens is 1. The Morgan fingerprint density at radius 2 is 2.10 bits per heavy atom. The van der Waals surface area contributed by atoms with E-state index in [9.17, 15) is 4.79 Å². The minimum absolute atomic E-state index is 0.335. The summed E-state index contributed by atoms with van der Waals surface area (Å²) in [4.78, 5) is 11.7. The number of hydrogen-bond donors (Lipinski definition) is 0. The van der Waals surface area contributed by atoms with Gasteiger partial charge in [-0.2, -0.15) is 0 Å². The zero-order valence-electron chi connectivity index (χ0n) is 10.8. The molecule has 0 amide bonds. The minimum atomic E-state index is -0.335. The Balaban J connectivity index is 1.91. The maximum Gasteiger partial charge on any atom is 0.336 e. The highest BCUT2D eigenvalue weighted by atomic mass is 79.9. The van der Waals surface area contributed by atoms with Crippen molar-refractivity contribution in [2.45, 2.75) is 14.4 Å². The van der Waals surface area contributed by atoms with Crippen molar-refractivity contribution >= 4 is 61.8 Å². The van der Waals surface area contributed by atoms with Crippen LogP contribution in [0.15, 0.2) is 46.6 Å². The summed E-state index contributed by atoms with van der Waals surface area (Å²) in [6, 6.07) is 7.24. The van der Waals surface area contributed by atoms with Crippen LogP contribution < -0.4 is 5.63 Å². The fourth-order valence-corrected chi connectivity index (χ4v) is 4.57. The zero-order valence-corrected chi connectivity index (χ0v) is 14.9. The first-order chi connectivity index (χ1) is 10.2. The highest BCUT2D eigenvalue weighted by Crippen LogP contribution is 2.31. The van der Waals surface area contributed by atoms with Gasteiger partial charge in [0.15, 0.2) is 8.68 Å². The van der Waals surface area contributed by atoms with Crippen LogP contribution in [0.25, 0.3) is 11.0 Å². The van der Waals surface area contributed by atoms with Gasteiger partial charge in [0.1, 0.15) is 5.58 Å². The predicted molar refractivity (Wildman–Crippen MR) is 91.4 cm³/mol. The average molecular weight is 401 g/mol. The average Bonchev–Trinajstić information content (AvgIpc) is 2.92. The molecule has 0 N–H and O–H groups in total. The van der Waals surface area contributed by atoms with Crippen LogP contribution in [0.5, 0.6) is 0 Å². The van der Waals surface area contributed by atoms with Gasteiger partial charge in [0, 0.05) is 21.7 Å². The Morgan fingerprint density at radius 1 is 1.29 bits per heavy atom. The molecule has 3 rings (SSSR count). The monoisotopic (exact) mass is 400 g/mol. The van der Waals surface area contributed by atoms with Crippen molar-refractivity contribution in [3.05, 3.63) is 44.7 Å². The molecule has 0 aliphatic rings. The highest BCUT2D eigenvalue weighted by molar-refractivity contribution is 9.10. The predicted octanol–water partition coefficient (Wildman–Crippen LogP) is 4.42. The number of fused-ring (bicyclic) bond motifs is 1. The second kappa shape index (κ2) is 6.51. The molecule has 2 heterocycles. The third kappa shape index (κ3) is 3.50. The number of rotatable bonds is 4. The van der Waals surface area contributed by atoms with Gasteiger partial charge in [-0.3, -0.25) is 0 Å². The second-order valence-electron chi connectivity index (χ2n) is 4.06. The molecule has 108 valence electrons. The molecular formula is C13H9BrN2O2S3. The van der Waals surface area contributed by atoms with Crippen molar-refractivity contribution < 1.29 is 4.42 Å². The van der Waals surface area contributed by atoms with Crippen LogP contribution in [0.2, 0.25) is 0 Å². The van der Waals surface area contributed by atoms with Crippen LogP contribution >= 0.6 is 50.8 Å². The van der Waals surface area contributed by atoms with Crippen molar-refractivity contribution in [2.24, 2.45) is 0 Å². The van der Waals surface area contributed by atoms with E-state index in [-0.39, 0.29) is 5.63 Å². The fourth-order valence-electron chi connectivity index (χ4n) is 1.80. The third-order valence-electron chi connectivity index (χ3n) is 2.71. The lowest BCUT2D eigenvalue weighted by molar-refractivity contribution is 0.559. The van der Waals surface area contributed by atoms with E-state index in [0.29, 0.717) is 11.3 Å². The van der Waals surface area contributed by atoms with E-state index >= 15 is 0 Å². The van der Waals surface area contributed by atoms with Crippen LogP contribution in [0.3, 0.4) is 0 Å². The van der Waals surface area contributed by atoms with Crippen molar-refractivity contribution in [3.63, 3.8) is 0 Å². The molecule has 3 aromatic rings. The molecule has 0 bridgehead atoms. The van der Waals surface area contributed by atoms with Gasteiger partial charge in [0.25, 0.3) is 0 Å².